The molecule has 1 N–H and O–H groups in total. The fourth-order valence-electron chi connectivity index (χ4n) is 3.74. The monoisotopic (exact) mass is 641 g/mol. The fourth-order valence-corrected chi connectivity index (χ4v) is 5.57. The van der Waals surface area contributed by atoms with Crippen LogP contribution in [0.3, 0.4) is 0 Å². The number of halogens is 1. The van der Waals surface area contributed by atoms with E-state index in [9.17, 15) is 9.59 Å². The van der Waals surface area contributed by atoms with Gasteiger partial charge in [0.2, 0.25) is 0 Å². The Morgan fingerprint density at radius 1 is 1.25 bits per heavy atom. The first-order chi connectivity index (χ1) is 17.0. The van der Waals surface area contributed by atoms with Gasteiger partial charge in [-0.2, -0.15) is 5.26 Å². The zero-order chi connectivity index (χ0) is 27.4. The van der Waals surface area contributed by atoms with Crippen molar-refractivity contribution in [3.05, 3.63) is 32.6 Å². The summed E-state index contributed by atoms with van der Waals surface area (Å²) in [6.45, 7) is 16.6. The SMILES string of the molecule is COP(OCCC#N)N(C(C)C)C(C)C.Cc1cn([C@H]2CN(C(C)C)C[C@@H](COI)O2)c(=O)[nH]c1=O. The third kappa shape index (κ3) is 10.5. The number of aryl methyl sites for hydroxylation is 1. The molecule has 0 spiro atoms. The Hall–Kier alpha value is -0.910. The molecule has 1 saturated heterocycles. The minimum atomic E-state index is -1.03. The van der Waals surface area contributed by atoms with Gasteiger partial charge in [-0.3, -0.25) is 19.2 Å². The van der Waals surface area contributed by atoms with Gasteiger partial charge < -0.3 is 16.9 Å². The van der Waals surface area contributed by atoms with Gasteiger partial charge in [0.15, 0.2) is 6.23 Å². The molecule has 1 aromatic heterocycles. The molecule has 0 bridgehead atoms. The van der Waals surface area contributed by atoms with Crippen LogP contribution < -0.4 is 11.2 Å². The zero-order valence-corrected chi connectivity index (χ0v) is 25.6. The second-order valence-corrected chi connectivity index (χ2v) is 11.4. The number of hydrogen-bond donors (Lipinski definition) is 1. The lowest BCUT2D eigenvalue weighted by Gasteiger charge is -2.40. The maximum Gasteiger partial charge on any atom is 0.330 e. The van der Waals surface area contributed by atoms with Crippen LogP contribution in [0.2, 0.25) is 0 Å². The predicted molar refractivity (Wildman–Crippen MR) is 149 cm³/mol. The predicted octanol–water partition coefficient (Wildman–Crippen LogP) is 3.73. The van der Waals surface area contributed by atoms with Crippen LogP contribution in [0, 0.1) is 18.3 Å². The van der Waals surface area contributed by atoms with Crippen LogP contribution in [-0.2, 0) is 16.9 Å². The summed E-state index contributed by atoms with van der Waals surface area (Å²) in [5.74, 6) is 0. The molecule has 3 atom stereocenters. The third-order valence-electron chi connectivity index (χ3n) is 5.43. The molecule has 1 aromatic rings. The Morgan fingerprint density at radius 2 is 1.89 bits per heavy atom. The van der Waals surface area contributed by atoms with E-state index >= 15 is 0 Å². The van der Waals surface area contributed by atoms with Crippen molar-refractivity contribution in [1.82, 2.24) is 19.1 Å². The van der Waals surface area contributed by atoms with Crippen LogP contribution in [0.4, 0.5) is 0 Å². The van der Waals surface area contributed by atoms with Crippen molar-refractivity contribution in [3.8, 4) is 6.07 Å². The first kappa shape index (κ1) is 33.1. The van der Waals surface area contributed by atoms with Crippen molar-refractivity contribution < 1.29 is 16.9 Å². The van der Waals surface area contributed by atoms with Crippen LogP contribution in [0.25, 0.3) is 0 Å². The molecular formula is C23H41IN5O6P. The van der Waals surface area contributed by atoms with Crippen molar-refractivity contribution >= 4 is 31.5 Å². The summed E-state index contributed by atoms with van der Waals surface area (Å²) in [6, 6.07) is 3.14. The molecule has 2 rings (SSSR count). The smallest absolute Gasteiger partial charge is 0.330 e. The summed E-state index contributed by atoms with van der Waals surface area (Å²) in [5, 5.41) is 8.43. The molecule has 1 fully saturated rings. The maximum atomic E-state index is 12.0. The minimum Gasteiger partial charge on any atom is -0.349 e. The van der Waals surface area contributed by atoms with Gasteiger partial charge in [-0.05, 0) is 48.5 Å². The van der Waals surface area contributed by atoms with Gasteiger partial charge >= 0.3 is 5.69 Å². The maximum absolute atomic E-state index is 12.0. The van der Waals surface area contributed by atoms with Gasteiger partial charge in [0.1, 0.15) is 23.0 Å². The number of nitriles is 1. The topological polar surface area (TPSA) is 122 Å². The molecule has 206 valence electrons. The average molecular weight is 641 g/mol. The molecule has 36 heavy (non-hydrogen) atoms. The molecule has 0 aromatic carbocycles. The van der Waals surface area contributed by atoms with Crippen molar-refractivity contribution in [2.45, 2.75) is 85.3 Å². The van der Waals surface area contributed by atoms with Crippen molar-refractivity contribution in [3.63, 3.8) is 0 Å². The normalized spacial score (nSPS) is 19.4. The molecule has 1 aliphatic heterocycles. The van der Waals surface area contributed by atoms with Crippen LogP contribution in [0.5, 0.6) is 0 Å². The highest BCUT2D eigenvalue weighted by Crippen LogP contribution is 2.44. The molecule has 0 amide bonds. The van der Waals surface area contributed by atoms with Crippen LogP contribution in [-0.4, -0.2) is 76.8 Å². The van der Waals surface area contributed by atoms with Gasteiger partial charge in [0.25, 0.3) is 14.1 Å². The summed E-state index contributed by atoms with van der Waals surface area (Å²) in [5.41, 5.74) is -0.322. The number of nitrogens with one attached hydrogen (secondary N) is 1. The molecule has 0 radical (unpaired) electrons. The average Bonchev–Trinajstić information content (AvgIpc) is 2.80. The van der Waals surface area contributed by atoms with E-state index in [0.717, 1.165) is 6.54 Å². The highest BCUT2D eigenvalue weighted by atomic mass is 127. The van der Waals surface area contributed by atoms with Crippen LogP contribution >= 0.6 is 31.5 Å². The van der Waals surface area contributed by atoms with Gasteiger partial charge in [0.05, 0.1) is 31.8 Å². The molecule has 13 heteroatoms. The number of morpholine rings is 1. The van der Waals surface area contributed by atoms with Crippen LogP contribution in [0.15, 0.2) is 15.8 Å². The number of aromatic amines is 1. The lowest BCUT2D eigenvalue weighted by Crippen LogP contribution is -2.51. The minimum absolute atomic E-state index is 0.109. The van der Waals surface area contributed by atoms with E-state index in [2.05, 4.69) is 62.2 Å². The summed E-state index contributed by atoms with van der Waals surface area (Å²) >= 11 is 1.84. The number of aromatic nitrogens is 2. The number of rotatable bonds is 11. The Balaban J connectivity index is 0.000000384. The van der Waals surface area contributed by atoms with E-state index in [4.69, 9.17) is 22.1 Å². The number of nitrogens with zero attached hydrogens (tertiary/aromatic N) is 4. The van der Waals surface area contributed by atoms with E-state index in [1.165, 1.54) is 4.57 Å². The zero-order valence-electron chi connectivity index (χ0n) is 22.6. The Kier molecular flexibility index (Phi) is 15.5. The summed E-state index contributed by atoms with van der Waals surface area (Å²) in [7, 11) is 0.618. The number of ether oxygens (including phenoxy) is 1. The summed E-state index contributed by atoms with van der Waals surface area (Å²) in [4.78, 5) is 28.0. The molecular weight excluding hydrogens is 600 g/mol. The standard InChI is InChI=1S/C13H20IN3O4.C10H21N2O2P/c1-8(2)16-5-10(7-20-14)21-11(6-16)17-4-9(3)12(18)15-13(17)19;1-9(2)12(10(3)4)15(13-5)14-8-6-7-11/h4,8,10-11H,5-7H2,1-3H3,(H,15,18,19);9-10H,6,8H2,1-5H3/t10-,11+;/m0./s1. The van der Waals surface area contributed by atoms with Crippen molar-refractivity contribution in [2.24, 2.45) is 0 Å². The van der Waals surface area contributed by atoms with Gasteiger partial charge in [-0.15, -0.1) is 0 Å². The molecule has 0 saturated carbocycles. The Morgan fingerprint density at radius 3 is 2.39 bits per heavy atom. The van der Waals surface area contributed by atoms with Crippen molar-refractivity contribution in [2.75, 3.05) is 33.4 Å². The molecule has 0 aliphatic carbocycles. The quantitative estimate of drug-likeness (QED) is 0.219. The van der Waals surface area contributed by atoms with Gasteiger partial charge in [-0.25, -0.2) is 9.46 Å². The highest BCUT2D eigenvalue weighted by molar-refractivity contribution is 14.1. The third-order valence-corrected chi connectivity index (χ3v) is 7.81. The molecule has 1 unspecified atom stereocenters. The Bertz CT molecular complexity index is 927. The van der Waals surface area contributed by atoms with E-state index in [0.29, 0.717) is 49.9 Å². The van der Waals surface area contributed by atoms with E-state index in [-0.39, 0.29) is 11.7 Å². The van der Waals surface area contributed by atoms with Gasteiger partial charge in [-0.1, -0.05) is 0 Å². The largest absolute Gasteiger partial charge is 0.349 e. The second kappa shape index (κ2) is 16.8. The van der Waals surface area contributed by atoms with E-state index in [1.54, 1.807) is 20.2 Å². The summed E-state index contributed by atoms with van der Waals surface area (Å²) in [6.07, 6.45) is 1.42. The lowest BCUT2D eigenvalue weighted by molar-refractivity contribution is -0.136. The highest BCUT2D eigenvalue weighted by Gasteiger charge is 2.31. The fraction of sp³-hybridized carbons (Fsp3) is 0.783. The van der Waals surface area contributed by atoms with Crippen molar-refractivity contribution in [1.29, 1.82) is 5.26 Å². The second-order valence-electron chi connectivity index (χ2n) is 9.24. The molecule has 11 nitrogen and oxygen atoms in total. The first-order valence-corrected chi connectivity index (χ1v) is 14.0. The summed E-state index contributed by atoms with van der Waals surface area (Å²) < 4.78 is 25.6. The van der Waals surface area contributed by atoms with E-state index in [1.807, 2.05) is 23.0 Å². The molecule has 1 aliphatic rings. The van der Waals surface area contributed by atoms with Gasteiger partial charge in [0, 0.05) is 50.1 Å². The molecule has 2 heterocycles. The number of H-pyrrole nitrogens is 1. The lowest BCUT2D eigenvalue weighted by atomic mass is 10.2. The Labute approximate surface area is 229 Å². The van der Waals surface area contributed by atoms with E-state index < -0.39 is 20.4 Å². The number of hydrogen-bond acceptors (Lipinski definition) is 9. The van der Waals surface area contributed by atoms with Crippen LogP contribution in [0.1, 0.15) is 59.8 Å². The first-order valence-electron chi connectivity index (χ1n) is 12.0.